The SMILES string of the molecule is CNCC(=O)N(C=O)c1cc(-c2ccc(-c3ccc(NCCO)cc3)cc2)nc2ccccc12. The number of nitrogens with zero attached hydrogens (tertiary/aromatic N) is 2. The summed E-state index contributed by atoms with van der Waals surface area (Å²) < 4.78 is 0. The Balaban J connectivity index is 1.68. The average molecular weight is 455 g/mol. The molecule has 0 saturated heterocycles. The van der Waals surface area contributed by atoms with Crippen molar-refractivity contribution in [3.8, 4) is 22.4 Å². The van der Waals surface area contributed by atoms with Gasteiger partial charge in [-0.2, -0.15) is 0 Å². The molecule has 0 bridgehead atoms. The fourth-order valence-corrected chi connectivity index (χ4v) is 3.80. The van der Waals surface area contributed by atoms with Gasteiger partial charge in [0, 0.05) is 23.2 Å². The predicted octanol–water partition coefficient (Wildman–Crippen LogP) is 3.68. The van der Waals surface area contributed by atoms with Gasteiger partial charge in [0.1, 0.15) is 0 Å². The summed E-state index contributed by atoms with van der Waals surface area (Å²) in [6, 6.07) is 25.2. The van der Waals surface area contributed by atoms with Crippen molar-refractivity contribution in [3.63, 3.8) is 0 Å². The van der Waals surface area contributed by atoms with Gasteiger partial charge in [-0.15, -0.1) is 0 Å². The molecular formula is C27H26N4O3. The number of hydrogen-bond acceptors (Lipinski definition) is 6. The van der Waals surface area contributed by atoms with E-state index in [0.717, 1.165) is 32.7 Å². The van der Waals surface area contributed by atoms with Crippen molar-refractivity contribution in [3.05, 3.63) is 78.9 Å². The van der Waals surface area contributed by atoms with Gasteiger partial charge in [0.15, 0.2) is 0 Å². The van der Waals surface area contributed by atoms with Crippen LogP contribution in [0.5, 0.6) is 0 Å². The van der Waals surface area contributed by atoms with Crippen LogP contribution < -0.4 is 15.5 Å². The molecule has 1 aromatic heterocycles. The van der Waals surface area contributed by atoms with E-state index in [1.54, 1.807) is 13.1 Å². The summed E-state index contributed by atoms with van der Waals surface area (Å²) in [7, 11) is 1.66. The summed E-state index contributed by atoms with van der Waals surface area (Å²) in [5.41, 5.74) is 5.84. The van der Waals surface area contributed by atoms with E-state index in [9.17, 15) is 9.59 Å². The molecule has 3 N–H and O–H groups in total. The van der Waals surface area contributed by atoms with Crippen LogP contribution in [0.25, 0.3) is 33.3 Å². The Kier molecular flexibility index (Phi) is 7.27. The first-order chi connectivity index (χ1) is 16.6. The van der Waals surface area contributed by atoms with Crippen molar-refractivity contribution >= 4 is 34.6 Å². The highest BCUT2D eigenvalue weighted by molar-refractivity contribution is 6.13. The van der Waals surface area contributed by atoms with E-state index < -0.39 is 0 Å². The number of para-hydroxylation sites is 1. The largest absolute Gasteiger partial charge is 0.395 e. The van der Waals surface area contributed by atoms with Gasteiger partial charge < -0.3 is 15.7 Å². The van der Waals surface area contributed by atoms with Crippen LogP contribution in [0.15, 0.2) is 78.9 Å². The van der Waals surface area contributed by atoms with E-state index in [1.165, 1.54) is 0 Å². The first-order valence-corrected chi connectivity index (χ1v) is 11.0. The molecule has 0 aliphatic heterocycles. The molecule has 0 unspecified atom stereocenters. The lowest BCUT2D eigenvalue weighted by Gasteiger charge is -2.19. The van der Waals surface area contributed by atoms with Crippen molar-refractivity contribution in [1.82, 2.24) is 10.3 Å². The highest BCUT2D eigenvalue weighted by Gasteiger charge is 2.19. The molecule has 2 amide bonds. The summed E-state index contributed by atoms with van der Waals surface area (Å²) in [6.45, 7) is 0.645. The van der Waals surface area contributed by atoms with Crippen LogP contribution in [-0.2, 0) is 9.59 Å². The number of hydrogen-bond donors (Lipinski definition) is 3. The van der Waals surface area contributed by atoms with Gasteiger partial charge in [0.2, 0.25) is 12.3 Å². The number of nitrogens with one attached hydrogen (secondary N) is 2. The Morgan fingerprint density at radius 2 is 1.62 bits per heavy atom. The molecule has 0 fully saturated rings. The van der Waals surface area contributed by atoms with Crippen LogP contribution in [-0.4, -0.2) is 49.2 Å². The lowest BCUT2D eigenvalue weighted by atomic mass is 10.0. The third-order valence-corrected chi connectivity index (χ3v) is 5.50. The topological polar surface area (TPSA) is 94.6 Å². The average Bonchev–Trinajstić information content (AvgIpc) is 2.88. The Morgan fingerprint density at radius 1 is 0.971 bits per heavy atom. The molecule has 172 valence electrons. The number of likely N-dealkylation sites (N-methyl/N-ethyl adjacent to an activating group) is 1. The lowest BCUT2D eigenvalue weighted by Crippen LogP contribution is -2.36. The van der Waals surface area contributed by atoms with E-state index in [0.29, 0.717) is 29.9 Å². The van der Waals surface area contributed by atoms with Gasteiger partial charge in [-0.3, -0.25) is 14.5 Å². The number of benzene rings is 3. The zero-order chi connectivity index (χ0) is 23.9. The highest BCUT2D eigenvalue weighted by atomic mass is 16.3. The van der Waals surface area contributed by atoms with Crippen molar-refractivity contribution in [2.45, 2.75) is 0 Å². The minimum Gasteiger partial charge on any atom is -0.395 e. The smallest absolute Gasteiger partial charge is 0.247 e. The maximum atomic E-state index is 12.5. The molecule has 0 atom stereocenters. The number of aliphatic hydroxyl groups is 1. The zero-order valence-electron chi connectivity index (χ0n) is 18.9. The van der Waals surface area contributed by atoms with Crippen molar-refractivity contribution in [1.29, 1.82) is 0 Å². The van der Waals surface area contributed by atoms with Gasteiger partial charge in [-0.05, 0) is 42.4 Å². The third-order valence-electron chi connectivity index (χ3n) is 5.50. The van der Waals surface area contributed by atoms with E-state index in [4.69, 9.17) is 10.1 Å². The third kappa shape index (κ3) is 4.96. The molecule has 34 heavy (non-hydrogen) atoms. The fraction of sp³-hybridized carbons (Fsp3) is 0.148. The standard InChI is InChI=1S/C27H26N4O3/c1-28-17-27(34)31(18-33)26-16-25(30-24-5-3-2-4-23(24)26)21-8-6-19(7-9-21)20-10-12-22(13-11-20)29-14-15-32/h2-13,16,18,28-29,32H,14-15,17H2,1H3. The molecule has 4 aromatic rings. The summed E-state index contributed by atoms with van der Waals surface area (Å²) in [6.07, 6.45) is 0.549. The van der Waals surface area contributed by atoms with Gasteiger partial charge in [0.05, 0.1) is 30.0 Å². The molecule has 0 aliphatic carbocycles. The van der Waals surface area contributed by atoms with Gasteiger partial charge >= 0.3 is 0 Å². The summed E-state index contributed by atoms with van der Waals surface area (Å²) in [5, 5.41) is 15.6. The molecule has 0 aliphatic rings. The maximum Gasteiger partial charge on any atom is 0.247 e. The van der Waals surface area contributed by atoms with Crippen LogP contribution in [0.2, 0.25) is 0 Å². The van der Waals surface area contributed by atoms with Gasteiger partial charge in [-0.25, -0.2) is 4.98 Å². The number of pyridine rings is 1. The first kappa shape index (κ1) is 23.1. The second-order valence-corrected chi connectivity index (χ2v) is 7.75. The summed E-state index contributed by atoms with van der Waals surface area (Å²) in [4.78, 5) is 30.3. The predicted molar refractivity (Wildman–Crippen MR) is 136 cm³/mol. The van der Waals surface area contributed by atoms with Crippen molar-refractivity contribution < 1.29 is 14.7 Å². The molecule has 0 radical (unpaired) electrons. The van der Waals surface area contributed by atoms with Crippen LogP contribution in [0, 0.1) is 0 Å². The second kappa shape index (κ2) is 10.7. The van der Waals surface area contributed by atoms with Crippen LogP contribution >= 0.6 is 0 Å². The van der Waals surface area contributed by atoms with Crippen molar-refractivity contribution in [2.75, 3.05) is 37.0 Å². The first-order valence-electron chi connectivity index (χ1n) is 11.0. The number of amides is 2. The number of carbonyl (C=O) groups is 2. The number of aliphatic hydroxyl groups excluding tert-OH is 1. The quantitative estimate of drug-likeness (QED) is 0.334. The lowest BCUT2D eigenvalue weighted by molar-refractivity contribution is -0.121. The van der Waals surface area contributed by atoms with E-state index in [-0.39, 0.29) is 19.1 Å². The normalized spacial score (nSPS) is 10.8. The maximum absolute atomic E-state index is 12.5. The number of fused-ring (bicyclic) bond motifs is 1. The highest BCUT2D eigenvalue weighted by Crippen LogP contribution is 2.32. The molecule has 0 spiro atoms. The van der Waals surface area contributed by atoms with Crippen LogP contribution in [0.1, 0.15) is 0 Å². The molecule has 7 heteroatoms. The van der Waals surface area contributed by atoms with E-state index in [2.05, 4.69) is 10.6 Å². The Morgan fingerprint density at radius 3 is 2.26 bits per heavy atom. The second-order valence-electron chi connectivity index (χ2n) is 7.75. The molecule has 7 nitrogen and oxygen atoms in total. The zero-order valence-corrected chi connectivity index (χ0v) is 18.9. The summed E-state index contributed by atoms with van der Waals surface area (Å²) in [5.74, 6) is -0.341. The van der Waals surface area contributed by atoms with Crippen molar-refractivity contribution in [2.24, 2.45) is 0 Å². The fourth-order valence-electron chi connectivity index (χ4n) is 3.80. The van der Waals surface area contributed by atoms with E-state index >= 15 is 0 Å². The van der Waals surface area contributed by atoms with Gasteiger partial charge in [-0.1, -0.05) is 54.6 Å². The number of carbonyl (C=O) groups excluding carboxylic acids is 2. The van der Waals surface area contributed by atoms with Crippen LogP contribution in [0.3, 0.4) is 0 Å². The number of rotatable bonds is 9. The minimum atomic E-state index is -0.341. The van der Waals surface area contributed by atoms with Gasteiger partial charge in [0.25, 0.3) is 0 Å². The Bertz CT molecular complexity index is 1290. The molecule has 1 heterocycles. The van der Waals surface area contributed by atoms with E-state index in [1.807, 2.05) is 72.8 Å². The molecule has 3 aromatic carbocycles. The number of imide groups is 1. The molecular weight excluding hydrogens is 428 g/mol. The Labute approximate surface area is 198 Å². The monoisotopic (exact) mass is 454 g/mol. The molecule has 0 saturated carbocycles. The molecule has 4 rings (SSSR count). The minimum absolute atomic E-state index is 0.0493. The van der Waals surface area contributed by atoms with Crippen LogP contribution in [0.4, 0.5) is 11.4 Å². The number of aromatic nitrogens is 1. The Hall–Kier alpha value is -4.07. The summed E-state index contributed by atoms with van der Waals surface area (Å²) >= 11 is 0. The number of anilines is 2.